The Labute approximate surface area is 608 Å². The summed E-state index contributed by atoms with van der Waals surface area (Å²) in [6.07, 6.45) is 96.8. The van der Waals surface area contributed by atoms with Gasteiger partial charge in [-0.25, -0.2) is 0 Å². The smallest absolute Gasteiger partial charge is 0.106 e. The zero-order chi connectivity index (χ0) is 64.3. The molecule has 9 N–H and O–H groups in total. The predicted octanol–water partition coefficient (Wildman–Crippen LogP) is 18.2. The van der Waals surface area contributed by atoms with Crippen molar-refractivity contribution in [2.45, 2.75) is 122 Å². The molecule has 0 unspecified atom stereocenters. The number of hydrogen-bond acceptors (Lipinski definition) is 17. The molecule has 0 aromatic rings. The van der Waals surface area contributed by atoms with Crippen LogP contribution in [0.4, 0.5) is 0 Å². The molecular weight excluding hydrogens is 1260 g/mol. The van der Waals surface area contributed by atoms with Crippen LogP contribution in [0.2, 0.25) is 0 Å². The van der Waals surface area contributed by atoms with E-state index in [2.05, 4.69) is 163 Å². The molecule has 16 rings (SSSR count). The zero-order valence-electron chi connectivity index (χ0n) is 54.6. The van der Waals surface area contributed by atoms with Crippen molar-refractivity contribution in [2.75, 3.05) is 127 Å². The molecule has 17 heteroatoms. The van der Waals surface area contributed by atoms with E-state index in [1.165, 1.54) is 86.7 Å². The van der Waals surface area contributed by atoms with E-state index in [9.17, 15) is 0 Å². The van der Waals surface area contributed by atoms with Crippen molar-refractivity contribution in [2.24, 2.45) is 0 Å². The second-order valence-electron chi connectivity index (χ2n) is 19.4. The van der Waals surface area contributed by atoms with Crippen molar-refractivity contribution in [1.29, 1.82) is 0 Å². The van der Waals surface area contributed by atoms with Crippen LogP contribution >= 0.6 is 35.3 Å². The van der Waals surface area contributed by atoms with Gasteiger partial charge in [-0.1, -0.05) is 178 Å². The van der Waals surface area contributed by atoms with Crippen LogP contribution in [0.3, 0.4) is 0 Å². The summed E-state index contributed by atoms with van der Waals surface area (Å²) in [6, 6.07) is 0. The second-order valence-corrected chi connectivity index (χ2v) is 22.6. The summed E-state index contributed by atoms with van der Waals surface area (Å²) in [7, 11) is 0. The molecule has 16 heterocycles. The maximum Gasteiger partial charge on any atom is 0.106 e. The Kier molecular flexibility index (Phi) is 103. The number of dihydropyridines is 3. The molecule has 0 fully saturated rings. The molecular formula is C80H139N9O5S3. The molecule has 0 aromatic carbocycles. The number of hydrogen-bond donors (Lipinski definition) is 9. The van der Waals surface area contributed by atoms with Gasteiger partial charge in [0.2, 0.25) is 0 Å². The lowest BCUT2D eigenvalue weighted by Gasteiger charge is -2.02. The van der Waals surface area contributed by atoms with Crippen LogP contribution < -0.4 is 47.9 Å². The van der Waals surface area contributed by atoms with E-state index in [4.69, 9.17) is 23.7 Å². The maximum atomic E-state index is 4.83. The summed E-state index contributed by atoms with van der Waals surface area (Å²) in [5, 5.41) is 29.7. The summed E-state index contributed by atoms with van der Waals surface area (Å²) >= 11 is 5.84. The maximum absolute atomic E-state index is 4.83. The third kappa shape index (κ3) is 95.9. The minimum Gasteiger partial charge on any atom is -0.501 e. The highest BCUT2D eigenvalue weighted by atomic mass is 32.2. The van der Waals surface area contributed by atoms with Gasteiger partial charge in [-0.15, -0.1) is 11.8 Å². The molecule has 0 aromatic heterocycles. The van der Waals surface area contributed by atoms with Crippen LogP contribution in [0, 0.1) is 0 Å². The largest absolute Gasteiger partial charge is 0.501 e. The van der Waals surface area contributed by atoms with Gasteiger partial charge in [0.1, 0.15) is 12.9 Å². The fraction of sp³-hybridized carbons (Fsp3) is 0.475. The van der Waals surface area contributed by atoms with Gasteiger partial charge in [0, 0.05) is 94.4 Å². The number of thioether (sulfide) groups is 3. The molecule has 16 aliphatic heterocycles. The lowest BCUT2D eigenvalue weighted by atomic mass is 10.2. The molecule has 0 aliphatic carbocycles. The number of rotatable bonds is 0. The minimum absolute atomic E-state index is 0. The molecule has 0 spiro atoms. The monoisotopic (exact) mass is 1400 g/mol. The van der Waals surface area contributed by atoms with Gasteiger partial charge in [0.05, 0.1) is 51.5 Å². The summed E-state index contributed by atoms with van der Waals surface area (Å²) in [4.78, 5) is 0. The van der Waals surface area contributed by atoms with E-state index >= 15 is 0 Å². The highest BCUT2D eigenvalue weighted by Crippen LogP contribution is 2.12. The molecule has 0 saturated heterocycles. The van der Waals surface area contributed by atoms with Crippen molar-refractivity contribution < 1.29 is 23.7 Å². The lowest BCUT2D eigenvalue weighted by Crippen LogP contribution is -2.17. The van der Waals surface area contributed by atoms with Crippen molar-refractivity contribution in [3.63, 3.8) is 0 Å². The standard InChI is InChI=1S/C6H11N.C5H7NO.2C5H9N.3C5H7N.C5H6O.C5H8S.2C4H7N.3C4H6O.2C4H6S.6CH4/c1-2-4-6-7-5-3-1;1-2-6-3-5-7-4-1;7*1-2-4-6-5-3-1;7*1-2-4-5-3-1;;;;;;/h1,3,7H,2,4-6H2;1,3-6H,2H2;2,4,6H,1,3,5H2;1-2,6H,3-5H2;2*2-6H,1H2;1-4,6H,5H2;1-4H,5H2;2,4H,1,3,5H2;1,3,5H,2,4H2;1-2,5H,3-4H2;2*1,3H,2,4H2;3*1-2H,3-4H2;6*1H4. The summed E-state index contributed by atoms with van der Waals surface area (Å²) < 4.78 is 23.9. The molecule has 552 valence electrons. The average Bonchev–Trinajstić information content (AvgIpc) is 4.52. The second kappa shape index (κ2) is 98.1. The number of ether oxygens (including phenoxy) is 5. The molecule has 14 nitrogen and oxygen atoms in total. The van der Waals surface area contributed by atoms with Crippen molar-refractivity contribution >= 4 is 35.3 Å². The quantitative estimate of drug-likeness (QED) is 0.106. The van der Waals surface area contributed by atoms with Crippen LogP contribution in [0.1, 0.15) is 122 Å². The third-order valence-electron chi connectivity index (χ3n) is 11.6. The first kappa shape index (κ1) is 101. The van der Waals surface area contributed by atoms with E-state index in [-0.39, 0.29) is 44.6 Å². The summed E-state index contributed by atoms with van der Waals surface area (Å²) in [5.41, 5.74) is 0. The van der Waals surface area contributed by atoms with Crippen LogP contribution in [0.25, 0.3) is 0 Å². The van der Waals surface area contributed by atoms with Gasteiger partial charge in [-0.3, -0.25) is 0 Å². The van der Waals surface area contributed by atoms with Gasteiger partial charge in [0.25, 0.3) is 0 Å². The van der Waals surface area contributed by atoms with Crippen molar-refractivity contribution in [3.05, 3.63) is 256 Å². The molecule has 0 saturated carbocycles. The Hall–Kier alpha value is -6.57. The van der Waals surface area contributed by atoms with E-state index in [0.717, 1.165) is 118 Å². The predicted molar refractivity (Wildman–Crippen MR) is 441 cm³/mol. The van der Waals surface area contributed by atoms with Gasteiger partial charge in [-0.2, -0.15) is 23.5 Å². The van der Waals surface area contributed by atoms with Crippen LogP contribution in [0.5, 0.6) is 0 Å². The van der Waals surface area contributed by atoms with E-state index < -0.39 is 0 Å². The Morgan fingerprint density at radius 3 is 1.06 bits per heavy atom. The minimum atomic E-state index is 0. The van der Waals surface area contributed by atoms with Crippen LogP contribution in [0.15, 0.2) is 256 Å². The van der Waals surface area contributed by atoms with E-state index in [1.807, 2.05) is 139 Å². The van der Waals surface area contributed by atoms with Crippen molar-refractivity contribution in [3.8, 4) is 0 Å². The molecule has 0 radical (unpaired) electrons. The summed E-state index contributed by atoms with van der Waals surface area (Å²) in [6.45, 7) is 14.9. The van der Waals surface area contributed by atoms with E-state index in [1.54, 1.807) is 37.5 Å². The van der Waals surface area contributed by atoms with Crippen LogP contribution in [-0.4, -0.2) is 127 Å². The van der Waals surface area contributed by atoms with E-state index in [0.29, 0.717) is 0 Å². The normalized spacial score (nSPS) is 18.2. The van der Waals surface area contributed by atoms with Gasteiger partial charge >= 0.3 is 0 Å². The number of allylic oxidation sites excluding steroid dienone is 11. The first-order chi connectivity index (χ1) is 45.5. The van der Waals surface area contributed by atoms with Gasteiger partial charge in [0.15, 0.2) is 0 Å². The fourth-order valence-corrected chi connectivity index (χ4v) is 8.94. The van der Waals surface area contributed by atoms with Gasteiger partial charge < -0.3 is 71.5 Å². The Morgan fingerprint density at radius 1 is 0.289 bits per heavy atom. The SMILES string of the molecule is C.C.C.C.C.C.C1=CCNC1.C1=CCNC=C1.C1=CCNCC1.C1=CCNCCC1.C1=CCOC1.C1=CCOC=C1.C1=CCSC1.C1=CCSC1.C1=CNC=CC1.C1=CNC=CC1.C1=CNCC1.C1=CNCCC1.C1=COC=CNC1.C1=COCC1.C1=COCC1.C1=CSCCC1. The Morgan fingerprint density at radius 2 is 0.814 bits per heavy atom. The van der Waals surface area contributed by atoms with Crippen molar-refractivity contribution in [1.82, 2.24) is 47.9 Å². The fourth-order valence-electron chi connectivity index (χ4n) is 6.84. The van der Waals surface area contributed by atoms with Crippen LogP contribution in [-0.2, 0) is 23.7 Å². The molecule has 0 amide bonds. The first-order valence-corrected chi connectivity index (χ1v) is 36.0. The Bertz CT molecular complexity index is 1840. The average molecular weight is 1400 g/mol. The molecule has 0 atom stereocenters. The highest BCUT2D eigenvalue weighted by molar-refractivity contribution is 8.02. The summed E-state index contributed by atoms with van der Waals surface area (Å²) in [5.74, 6) is 6.27. The first-order valence-electron chi connectivity index (χ1n) is 32.6. The Balaban J connectivity index is -0.000000227. The third-order valence-corrected chi connectivity index (χ3v) is 14.2. The number of nitrogens with one attached hydrogen (secondary N) is 9. The van der Waals surface area contributed by atoms with Gasteiger partial charge in [-0.05, 0) is 168 Å². The molecule has 0 bridgehead atoms. The highest BCUT2D eigenvalue weighted by Gasteiger charge is 1.91. The molecule has 97 heavy (non-hydrogen) atoms. The topological polar surface area (TPSA) is 154 Å². The lowest BCUT2D eigenvalue weighted by molar-refractivity contribution is 0.213. The zero-order valence-corrected chi connectivity index (χ0v) is 57.1. The molecule has 16 aliphatic rings.